The van der Waals surface area contributed by atoms with Crippen molar-refractivity contribution >= 4 is 23.5 Å². The van der Waals surface area contributed by atoms with Gasteiger partial charge in [0.05, 0.1) is 20.3 Å². The van der Waals surface area contributed by atoms with Crippen LogP contribution in [-0.2, 0) is 11.3 Å². The number of rotatable bonds is 7. The highest BCUT2D eigenvalue weighted by Crippen LogP contribution is 2.36. The zero-order valence-electron chi connectivity index (χ0n) is 19.6. The summed E-state index contributed by atoms with van der Waals surface area (Å²) >= 11 is 0. The Balaban J connectivity index is 1.51. The van der Waals surface area contributed by atoms with Gasteiger partial charge in [-0.15, -0.1) is 0 Å². The number of nitrogens with zero attached hydrogens (tertiary/aromatic N) is 1. The lowest BCUT2D eigenvalue weighted by molar-refractivity contribution is -0.123. The third-order valence-corrected chi connectivity index (χ3v) is 5.91. The standard InChI is InChI=1S/C28H25NO6/c1-3-12-33-23-10-8-18(14-25(23)32-2)13-22-20-6-4-5-7-21(20)27(30)29(28(22)31)16-19-9-11-24-26(15-19)35-17-34-24/h4-11,13-15H,3,12,16-17H2,1-2H3. The van der Waals surface area contributed by atoms with E-state index in [1.807, 2.05) is 37.3 Å². The minimum absolute atomic E-state index is 0.118. The third-order valence-electron chi connectivity index (χ3n) is 5.91. The molecule has 2 aliphatic heterocycles. The topological polar surface area (TPSA) is 74.3 Å². The summed E-state index contributed by atoms with van der Waals surface area (Å²) in [7, 11) is 1.58. The van der Waals surface area contributed by atoms with Gasteiger partial charge in [-0.3, -0.25) is 14.5 Å². The van der Waals surface area contributed by atoms with Gasteiger partial charge in [0.1, 0.15) is 0 Å². The van der Waals surface area contributed by atoms with Crippen LogP contribution in [0.25, 0.3) is 11.6 Å². The van der Waals surface area contributed by atoms with Crippen LogP contribution in [0.15, 0.2) is 60.7 Å². The van der Waals surface area contributed by atoms with Crippen LogP contribution in [0.1, 0.15) is 40.4 Å². The Morgan fingerprint density at radius 1 is 0.914 bits per heavy atom. The molecule has 0 spiro atoms. The monoisotopic (exact) mass is 471 g/mol. The van der Waals surface area contributed by atoms with Crippen molar-refractivity contribution < 1.29 is 28.5 Å². The van der Waals surface area contributed by atoms with Gasteiger partial charge >= 0.3 is 0 Å². The van der Waals surface area contributed by atoms with Crippen LogP contribution in [0.5, 0.6) is 23.0 Å². The summed E-state index contributed by atoms with van der Waals surface area (Å²) in [4.78, 5) is 28.2. The SMILES string of the molecule is CCCOc1ccc(C=C2C(=O)N(Cc3ccc4c(c3)OCO4)C(=O)c3ccccc32)cc1OC. The Kier molecular flexibility index (Phi) is 6.14. The van der Waals surface area contributed by atoms with Gasteiger partial charge in [0.15, 0.2) is 23.0 Å². The lowest BCUT2D eigenvalue weighted by Crippen LogP contribution is -2.41. The van der Waals surface area contributed by atoms with Crippen LogP contribution in [0.3, 0.4) is 0 Å². The van der Waals surface area contributed by atoms with Crippen molar-refractivity contribution in [1.82, 2.24) is 4.90 Å². The highest BCUT2D eigenvalue weighted by Gasteiger charge is 2.35. The molecule has 0 aromatic heterocycles. The maximum Gasteiger partial charge on any atom is 0.261 e. The molecule has 0 bridgehead atoms. The maximum atomic E-state index is 13.6. The molecule has 0 unspecified atom stereocenters. The van der Waals surface area contributed by atoms with Crippen molar-refractivity contribution in [3.8, 4) is 23.0 Å². The van der Waals surface area contributed by atoms with E-state index in [0.717, 1.165) is 17.5 Å². The lowest BCUT2D eigenvalue weighted by Gasteiger charge is -2.29. The molecule has 35 heavy (non-hydrogen) atoms. The molecule has 0 saturated carbocycles. The minimum atomic E-state index is -0.364. The van der Waals surface area contributed by atoms with E-state index in [1.165, 1.54) is 4.90 Å². The molecule has 0 saturated heterocycles. The van der Waals surface area contributed by atoms with Gasteiger partial charge in [0.2, 0.25) is 6.79 Å². The molecule has 7 heteroatoms. The molecule has 2 amide bonds. The van der Waals surface area contributed by atoms with Crippen molar-refractivity contribution in [3.05, 3.63) is 82.9 Å². The van der Waals surface area contributed by atoms with E-state index in [9.17, 15) is 9.59 Å². The largest absolute Gasteiger partial charge is 0.493 e. The number of benzene rings is 3. The number of hydrogen-bond donors (Lipinski definition) is 0. The van der Waals surface area contributed by atoms with Gasteiger partial charge in [-0.05, 0) is 59.5 Å². The number of carbonyl (C=O) groups is 2. The second kappa shape index (κ2) is 9.54. The fourth-order valence-electron chi connectivity index (χ4n) is 4.18. The van der Waals surface area contributed by atoms with Crippen LogP contribution in [0.4, 0.5) is 0 Å². The molecule has 2 heterocycles. The molecule has 0 aliphatic carbocycles. The number of ether oxygens (including phenoxy) is 4. The lowest BCUT2D eigenvalue weighted by atomic mass is 9.91. The van der Waals surface area contributed by atoms with Crippen molar-refractivity contribution in [2.75, 3.05) is 20.5 Å². The molecule has 5 rings (SSSR count). The molecule has 3 aromatic rings. The number of methoxy groups -OCH3 is 1. The summed E-state index contributed by atoms with van der Waals surface area (Å²) in [5, 5.41) is 0. The van der Waals surface area contributed by atoms with Crippen LogP contribution in [0.2, 0.25) is 0 Å². The van der Waals surface area contributed by atoms with Gasteiger partial charge in [0, 0.05) is 11.1 Å². The molecule has 0 atom stereocenters. The van der Waals surface area contributed by atoms with Gasteiger partial charge in [-0.1, -0.05) is 37.3 Å². The molecule has 0 fully saturated rings. The quantitative estimate of drug-likeness (QED) is 0.359. The fraction of sp³-hybridized carbons (Fsp3) is 0.214. The average Bonchev–Trinajstić information content (AvgIpc) is 3.36. The number of carbonyl (C=O) groups excluding carboxylic acids is 2. The summed E-state index contributed by atoms with van der Waals surface area (Å²) in [6.07, 6.45) is 2.67. The molecular weight excluding hydrogens is 446 g/mol. The van der Waals surface area contributed by atoms with E-state index in [0.29, 0.717) is 46.3 Å². The highest BCUT2D eigenvalue weighted by atomic mass is 16.7. The summed E-state index contributed by atoms with van der Waals surface area (Å²) < 4.78 is 22.1. The first kappa shape index (κ1) is 22.5. The summed E-state index contributed by atoms with van der Waals surface area (Å²) in [5.41, 5.74) is 3.06. The Morgan fingerprint density at radius 3 is 2.51 bits per heavy atom. The van der Waals surface area contributed by atoms with Crippen molar-refractivity contribution in [2.45, 2.75) is 19.9 Å². The average molecular weight is 472 g/mol. The predicted octanol–water partition coefficient (Wildman–Crippen LogP) is 4.94. The van der Waals surface area contributed by atoms with Crippen molar-refractivity contribution in [1.29, 1.82) is 0 Å². The van der Waals surface area contributed by atoms with Crippen LogP contribution < -0.4 is 18.9 Å². The molecule has 178 valence electrons. The van der Waals surface area contributed by atoms with Crippen molar-refractivity contribution in [2.24, 2.45) is 0 Å². The van der Waals surface area contributed by atoms with E-state index in [4.69, 9.17) is 18.9 Å². The maximum absolute atomic E-state index is 13.6. The first-order chi connectivity index (χ1) is 17.1. The summed E-state index contributed by atoms with van der Waals surface area (Å²) in [6, 6.07) is 18.1. The number of amides is 2. The first-order valence-electron chi connectivity index (χ1n) is 11.5. The highest BCUT2D eigenvalue weighted by molar-refractivity contribution is 6.33. The van der Waals surface area contributed by atoms with Crippen LogP contribution in [0, 0.1) is 0 Å². The number of fused-ring (bicyclic) bond motifs is 2. The molecule has 0 N–H and O–H groups in total. The van der Waals surface area contributed by atoms with Gasteiger partial charge in [0.25, 0.3) is 11.8 Å². The second-order valence-electron chi connectivity index (χ2n) is 8.25. The third kappa shape index (κ3) is 4.33. The van der Waals surface area contributed by atoms with Crippen molar-refractivity contribution in [3.63, 3.8) is 0 Å². The van der Waals surface area contributed by atoms with Crippen LogP contribution in [-0.4, -0.2) is 37.2 Å². The zero-order valence-corrected chi connectivity index (χ0v) is 19.6. The van der Waals surface area contributed by atoms with Crippen LogP contribution >= 0.6 is 0 Å². The van der Waals surface area contributed by atoms with Gasteiger partial charge < -0.3 is 18.9 Å². The van der Waals surface area contributed by atoms with E-state index in [1.54, 1.807) is 43.5 Å². The zero-order chi connectivity index (χ0) is 24.4. The molecule has 3 aromatic carbocycles. The van der Waals surface area contributed by atoms with Gasteiger partial charge in [-0.2, -0.15) is 0 Å². The van der Waals surface area contributed by atoms with E-state index >= 15 is 0 Å². The predicted molar refractivity (Wildman–Crippen MR) is 131 cm³/mol. The smallest absolute Gasteiger partial charge is 0.261 e. The minimum Gasteiger partial charge on any atom is -0.493 e. The second-order valence-corrected chi connectivity index (χ2v) is 8.25. The Labute approximate surface area is 203 Å². The number of imide groups is 1. The normalized spacial score (nSPS) is 15.4. The van der Waals surface area contributed by atoms with E-state index in [2.05, 4.69) is 0 Å². The molecule has 0 radical (unpaired) electrons. The fourth-order valence-corrected chi connectivity index (χ4v) is 4.18. The van der Waals surface area contributed by atoms with E-state index < -0.39 is 0 Å². The first-order valence-corrected chi connectivity index (χ1v) is 11.5. The van der Waals surface area contributed by atoms with E-state index in [-0.39, 0.29) is 25.2 Å². The molecule has 2 aliphatic rings. The summed E-state index contributed by atoms with van der Waals surface area (Å²) in [5.74, 6) is 1.78. The Bertz CT molecular complexity index is 1330. The summed E-state index contributed by atoms with van der Waals surface area (Å²) in [6.45, 7) is 2.90. The Hall–Kier alpha value is -4.26. The van der Waals surface area contributed by atoms with Gasteiger partial charge in [-0.25, -0.2) is 0 Å². The molecular formula is C28H25NO6. The molecule has 7 nitrogen and oxygen atoms in total. The Morgan fingerprint density at radius 2 is 1.71 bits per heavy atom. The number of hydrogen-bond acceptors (Lipinski definition) is 6.